The molecule has 0 bridgehead atoms. The van der Waals surface area contributed by atoms with Crippen molar-refractivity contribution in [3.63, 3.8) is 0 Å². The van der Waals surface area contributed by atoms with Crippen molar-refractivity contribution in [3.05, 3.63) is 77.4 Å². The summed E-state index contributed by atoms with van der Waals surface area (Å²) in [5, 5.41) is 4.36. The number of pyridine rings is 1. The summed E-state index contributed by atoms with van der Waals surface area (Å²) >= 11 is 5.86. The second-order valence-corrected chi connectivity index (χ2v) is 9.87. The van der Waals surface area contributed by atoms with E-state index in [1.165, 1.54) is 28.3 Å². The van der Waals surface area contributed by atoms with Gasteiger partial charge < -0.3 is 24.4 Å². The molecule has 2 aliphatic rings. The topological polar surface area (TPSA) is 45.6 Å². The number of aryl methyl sites for hydroxylation is 1. The predicted octanol–water partition coefficient (Wildman–Crippen LogP) is 4.71. The first-order chi connectivity index (χ1) is 16.4. The van der Waals surface area contributed by atoms with Crippen molar-refractivity contribution in [2.24, 2.45) is 0 Å². The fourth-order valence-corrected chi connectivity index (χ4v) is 5.65. The molecule has 3 aromatic rings. The number of aromatic nitrogens is 2. The van der Waals surface area contributed by atoms with Crippen LogP contribution in [0.15, 0.2) is 54.7 Å². The Labute approximate surface area is 207 Å². The van der Waals surface area contributed by atoms with Gasteiger partial charge >= 0.3 is 0 Å². The largest absolute Gasteiger partial charge is 0.378 e. The lowest BCUT2D eigenvalue weighted by Gasteiger charge is -2.30. The highest BCUT2D eigenvalue weighted by Gasteiger charge is 2.42. The first-order valence-electron chi connectivity index (χ1n) is 12.0. The molecule has 2 saturated heterocycles. The molecule has 178 valence electrons. The van der Waals surface area contributed by atoms with Crippen molar-refractivity contribution in [2.45, 2.75) is 44.9 Å². The van der Waals surface area contributed by atoms with Crippen LogP contribution in [0.1, 0.15) is 47.6 Å². The number of nitrogens with one attached hydrogen (secondary N) is 1. The fourth-order valence-electron chi connectivity index (χ4n) is 5.33. The van der Waals surface area contributed by atoms with Gasteiger partial charge in [-0.1, -0.05) is 6.07 Å². The molecule has 0 unspecified atom stereocenters. The van der Waals surface area contributed by atoms with Gasteiger partial charge in [0, 0.05) is 56.2 Å². The van der Waals surface area contributed by atoms with Crippen molar-refractivity contribution >= 4 is 23.0 Å². The number of thiocarbonyl (C=S) groups is 1. The van der Waals surface area contributed by atoms with E-state index in [1.54, 1.807) is 0 Å². The van der Waals surface area contributed by atoms with Crippen molar-refractivity contribution < 1.29 is 4.74 Å². The third-order valence-electron chi connectivity index (χ3n) is 7.04. The van der Waals surface area contributed by atoms with E-state index in [1.807, 2.05) is 18.3 Å². The summed E-state index contributed by atoms with van der Waals surface area (Å²) < 4.78 is 8.34. The molecule has 0 aliphatic carbocycles. The van der Waals surface area contributed by atoms with Crippen LogP contribution in [0.4, 0.5) is 5.69 Å². The number of ether oxygens (including phenoxy) is 1. The molecule has 1 aromatic carbocycles. The van der Waals surface area contributed by atoms with Gasteiger partial charge in [0.25, 0.3) is 0 Å². The van der Waals surface area contributed by atoms with Gasteiger partial charge in [-0.2, -0.15) is 0 Å². The first kappa shape index (κ1) is 22.9. The standard InChI is InChI=1S/C27H33N5OS/c1-18-16-23(19(2)32(18)21-12-10-20(11-13-21)30(3)4)26-25(24-9-5-6-14-28-24)29-27(34)31(26)17-22-8-7-15-33-22/h5-6,9-14,16,22,25-26H,7-8,15,17H2,1-4H3,(H,29,34)/t22-,25+,26-/m0/s1. The maximum atomic E-state index is 5.99. The van der Waals surface area contributed by atoms with Gasteiger partial charge in [-0.3, -0.25) is 4.98 Å². The summed E-state index contributed by atoms with van der Waals surface area (Å²) in [4.78, 5) is 9.14. The Morgan fingerprint density at radius 1 is 1.15 bits per heavy atom. The molecule has 2 fully saturated rings. The second-order valence-electron chi connectivity index (χ2n) is 9.49. The van der Waals surface area contributed by atoms with Crippen LogP contribution < -0.4 is 10.2 Å². The monoisotopic (exact) mass is 475 g/mol. The van der Waals surface area contributed by atoms with E-state index < -0.39 is 0 Å². The van der Waals surface area contributed by atoms with Crippen molar-refractivity contribution in [1.29, 1.82) is 0 Å². The van der Waals surface area contributed by atoms with Crippen LogP contribution in [0.25, 0.3) is 5.69 Å². The van der Waals surface area contributed by atoms with Crippen molar-refractivity contribution in [1.82, 2.24) is 19.8 Å². The normalized spacial score (nSPS) is 22.3. The summed E-state index contributed by atoms with van der Waals surface area (Å²) in [7, 11) is 4.13. The molecule has 34 heavy (non-hydrogen) atoms. The molecule has 0 saturated carbocycles. The van der Waals surface area contributed by atoms with Crippen LogP contribution >= 0.6 is 12.2 Å². The van der Waals surface area contributed by atoms with Crippen molar-refractivity contribution in [2.75, 3.05) is 32.1 Å². The minimum absolute atomic E-state index is 0.0137. The lowest BCUT2D eigenvalue weighted by atomic mass is 9.96. The molecule has 7 heteroatoms. The van der Waals surface area contributed by atoms with E-state index in [2.05, 4.69) is 89.0 Å². The molecule has 0 amide bonds. The number of anilines is 1. The highest BCUT2D eigenvalue weighted by Crippen LogP contribution is 2.42. The molecule has 4 heterocycles. The summed E-state index contributed by atoms with van der Waals surface area (Å²) in [6, 6.07) is 17.2. The van der Waals surface area contributed by atoms with E-state index in [4.69, 9.17) is 17.0 Å². The molecule has 2 aromatic heterocycles. The molecule has 0 spiro atoms. The molecule has 0 radical (unpaired) electrons. The van der Waals surface area contributed by atoms with Gasteiger partial charge in [0.1, 0.15) is 0 Å². The quantitative estimate of drug-likeness (QED) is 0.521. The molecular weight excluding hydrogens is 442 g/mol. The molecule has 1 N–H and O–H groups in total. The summed E-state index contributed by atoms with van der Waals surface area (Å²) in [5.41, 5.74) is 7.07. The van der Waals surface area contributed by atoms with E-state index in [9.17, 15) is 0 Å². The zero-order chi connectivity index (χ0) is 23.8. The minimum Gasteiger partial charge on any atom is -0.378 e. The van der Waals surface area contributed by atoms with Gasteiger partial charge in [-0.25, -0.2) is 0 Å². The number of hydrogen-bond acceptors (Lipinski definition) is 4. The Hall–Kier alpha value is -2.90. The summed E-state index contributed by atoms with van der Waals surface area (Å²) in [6.07, 6.45) is 4.27. The van der Waals surface area contributed by atoms with Crippen LogP contribution in [0.3, 0.4) is 0 Å². The minimum atomic E-state index is -0.0137. The summed E-state index contributed by atoms with van der Waals surface area (Å²) in [5.74, 6) is 0. The third kappa shape index (κ3) is 4.18. The SMILES string of the molecule is Cc1cc([C@H]2[C@@H](c3ccccn3)NC(=S)N2C[C@@H]2CCCO2)c(C)n1-c1ccc(N(C)C)cc1. The first-order valence-corrected chi connectivity index (χ1v) is 12.4. The Morgan fingerprint density at radius 2 is 1.94 bits per heavy atom. The number of rotatable bonds is 6. The average molecular weight is 476 g/mol. The Kier molecular flexibility index (Phi) is 6.32. The van der Waals surface area contributed by atoms with Gasteiger partial charge in [-0.15, -0.1) is 0 Å². The molecule has 3 atom stereocenters. The van der Waals surface area contributed by atoms with E-state index >= 15 is 0 Å². The third-order valence-corrected chi connectivity index (χ3v) is 7.39. The zero-order valence-corrected chi connectivity index (χ0v) is 21.2. The lowest BCUT2D eigenvalue weighted by Crippen LogP contribution is -2.36. The fraction of sp³-hybridized carbons (Fsp3) is 0.407. The van der Waals surface area contributed by atoms with E-state index in [0.717, 1.165) is 36.8 Å². The number of hydrogen-bond donors (Lipinski definition) is 1. The van der Waals surface area contributed by atoms with E-state index in [-0.39, 0.29) is 18.2 Å². The van der Waals surface area contributed by atoms with Crippen LogP contribution in [0.2, 0.25) is 0 Å². The lowest BCUT2D eigenvalue weighted by molar-refractivity contribution is 0.0842. The summed E-state index contributed by atoms with van der Waals surface area (Å²) in [6.45, 7) is 6.02. The van der Waals surface area contributed by atoms with Crippen LogP contribution in [0.5, 0.6) is 0 Å². The highest BCUT2D eigenvalue weighted by molar-refractivity contribution is 7.80. The average Bonchev–Trinajstić information content (AvgIpc) is 3.54. The maximum Gasteiger partial charge on any atom is 0.170 e. The van der Waals surface area contributed by atoms with Crippen LogP contribution in [-0.4, -0.2) is 52.9 Å². The Bertz CT molecular complexity index is 1150. The maximum absolute atomic E-state index is 5.99. The second kappa shape index (κ2) is 9.39. The predicted molar refractivity (Wildman–Crippen MR) is 141 cm³/mol. The molecular formula is C27H33N5OS. The van der Waals surface area contributed by atoms with Crippen molar-refractivity contribution in [3.8, 4) is 5.69 Å². The molecule has 2 aliphatic heterocycles. The Balaban J connectivity index is 1.56. The zero-order valence-electron chi connectivity index (χ0n) is 20.4. The van der Waals surface area contributed by atoms with Crippen LogP contribution in [-0.2, 0) is 4.74 Å². The Morgan fingerprint density at radius 3 is 2.59 bits per heavy atom. The molecule has 6 nitrogen and oxygen atoms in total. The van der Waals surface area contributed by atoms with Gasteiger partial charge in [-0.05, 0) is 86.9 Å². The number of nitrogens with zero attached hydrogens (tertiary/aromatic N) is 4. The highest BCUT2D eigenvalue weighted by atomic mass is 32.1. The van der Waals surface area contributed by atoms with Gasteiger partial charge in [0.2, 0.25) is 0 Å². The number of benzene rings is 1. The van der Waals surface area contributed by atoms with Crippen LogP contribution in [0, 0.1) is 13.8 Å². The van der Waals surface area contributed by atoms with Gasteiger partial charge in [0.15, 0.2) is 5.11 Å². The van der Waals surface area contributed by atoms with Gasteiger partial charge in [0.05, 0.1) is 23.9 Å². The molecule has 5 rings (SSSR count). The smallest absolute Gasteiger partial charge is 0.170 e. The van der Waals surface area contributed by atoms with E-state index in [0.29, 0.717) is 0 Å².